The van der Waals surface area contributed by atoms with E-state index in [4.69, 9.17) is 14.2 Å². The van der Waals surface area contributed by atoms with Crippen LogP contribution in [0.15, 0.2) is 36.5 Å². The Labute approximate surface area is 383 Å². The molecule has 7 unspecified atom stereocenters. The maximum Gasteiger partial charge on any atom is 0.305 e. The van der Waals surface area contributed by atoms with E-state index >= 15 is 0 Å². The van der Waals surface area contributed by atoms with Crippen LogP contribution in [0.5, 0.6) is 0 Å². The number of hydrogen-bond acceptors (Lipinski definition) is 10. The third-order valence-electron chi connectivity index (χ3n) is 12.0. The van der Waals surface area contributed by atoms with Gasteiger partial charge < -0.3 is 45.1 Å². The van der Waals surface area contributed by atoms with Crippen molar-refractivity contribution in [3.05, 3.63) is 36.5 Å². The highest BCUT2D eigenvalue weighted by atomic mass is 16.7. The number of aliphatic hydroxyl groups is 5. The highest BCUT2D eigenvalue weighted by Gasteiger charge is 2.44. The van der Waals surface area contributed by atoms with Crippen molar-refractivity contribution < 1.29 is 49.3 Å². The summed E-state index contributed by atoms with van der Waals surface area (Å²) in [6.45, 7) is 4.18. The first-order chi connectivity index (χ1) is 30.7. The predicted molar refractivity (Wildman–Crippen MR) is 255 cm³/mol. The SMILES string of the molecule is CCC/C=C/CC/C=C/CC/C=C/C(O)C(COC1OC(CO)C(O)C(O)C1O)NC(=O)CCCCCCCCCCCCCCCOC(=O)CCCCCCCCCCCCC. The van der Waals surface area contributed by atoms with Crippen molar-refractivity contribution in [1.29, 1.82) is 0 Å². The number of ether oxygens (including phenoxy) is 3. The molecule has 7 atom stereocenters. The molecule has 0 aromatic heterocycles. The fourth-order valence-electron chi connectivity index (χ4n) is 7.82. The summed E-state index contributed by atoms with van der Waals surface area (Å²) < 4.78 is 16.6. The van der Waals surface area contributed by atoms with E-state index in [1.807, 2.05) is 6.08 Å². The molecule has 1 aliphatic heterocycles. The molecule has 1 heterocycles. The first-order valence-corrected chi connectivity index (χ1v) is 25.8. The summed E-state index contributed by atoms with van der Waals surface area (Å²) in [5.74, 6) is -0.242. The van der Waals surface area contributed by atoms with Crippen molar-refractivity contribution in [1.82, 2.24) is 5.32 Å². The normalized spacial score (nSPS) is 20.3. The number of amides is 1. The number of unbranched alkanes of at least 4 members (excludes halogenated alkanes) is 25. The topological polar surface area (TPSA) is 175 Å². The number of aliphatic hydroxyl groups excluding tert-OH is 5. The van der Waals surface area contributed by atoms with Gasteiger partial charge in [0, 0.05) is 12.8 Å². The van der Waals surface area contributed by atoms with Gasteiger partial charge in [-0.2, -0.15) is 0 Å². The lowest BCUT2D eigenvalue weighted by molar-refractivity contribution is -0.302. The number of hydrogen-bond donors (Lipinski definition) is 6. The second-order valence-corrected chi connectivity index (χ2v) is 17.9. The van der Waals surface area contributed by atoms with Crippen LogP contribution in [0.2, 0.25) is 0 Å². The number of rotatable bonds is 43. The molecule has 0 bridgehead atoms. The number of allylic oxidation sites excluding steroid dienone is 5. The first kappa shape index (κ1) is 58.9. The van der Waals surface area contributed by atoms with E-state index in [-0.39, 0.29) is 18.5 Å². The van der Waals surface area contributed by atoms with Gasteiger partial charge in [0.15, 0.2) is 6.29 Å². The van der Waals surface area contributed by atoms with Crippen molar-refractivity contribution >= 4 is 11.9 Å². The van der Waals surface area contributed by atoms with E-state index in [1.54, 1.807) is 6.08 Å². The van der Waals surface area contributed by atoms with E-state index in [0.717, 1.165) is 83.5 Å². The lowest BCUT2D eigenvalue weighted by Gasteiger charge is -2.40. The quantitative estimate of drug-likeness (QED) is 0.0196. The molecule has 0 aromatic carbocycles. The molecule has 0 radical (unpaired) electrons. The third kappa shape index (κ3) is 33.1. The van der Waals surface area contributed by atoms with Gasteiger partial charge in [0.2, 0.25) is 5.91 Å². The zero-order chi connectivity index (χ0) is 46.0. The molecule has 1 aliphatic rings. The summed E-state index contributed by atoms with van der Waals surface area (Å²) in [4.78, 5) is 25.0. The van der Waals surface area contributed by atoms with Crippen molar-refractivity contribution in [2.45, 2.75) is 262 Å². The van der Waals surface area contributed by atoms with Crippen LogP contribution < -0.4 is 5.32 Å². The third-order valence-corrected chi connectivity index (χ3v) is 12.0. The van der Waals surface area contributed by atoms with E-state index in [2.05, 4.69) is 43.5 Å². The first-order valence-electron chi connectivity index (χ1n) is 25.8. The molecule has 1 saturated heterocycles. The second-order valence-electron chi connectivity index (χ2n) is 17.9. The van der Waals surface area contributed by atoms with Crippen LogP contribution in [0.3, 0.4) is 0 Å². The van der Waals surface area contributed by atoms with Crippen molar-refractivity contribution in [2.75, 3.05) is 19.8 Å². The van der Waals surface area contributed by atoms with Crippen LogP contribution >= 0.6 is 0 Å². The Morgan fingerprint density at radius 1 is 0.571 bits per heavy atom. The monoisotopic (exact) mass is 894 g/mol. The number of carbonyl (C=O) groups excluding carboxylic acids is 2. The van der Waals surface area contributed by atoms with Crippen LogP contribution in [-0.4, -0.2) is 100 Å². The summed E-state index contributed by atoms with van der Waals surface area (Å²) in [6.07, 6.45) is 39.4. The minimum absolute atomic E-state index is 0.0305. The fraction of sp³-hybridized carbons (Fsp3) is 0.846. The van der Waals surface area contributed by atoms with Gasteiger partial charge in [0.1, 0.15) is 24.4 Å². The second kappa shape index (κ2) is 42.5. The van der Waals surface area contributed by atoms with Crippen LogP contribution in [0.25, 0.3) is 0 Å². The van der Waals surface area contributed by atoms with Crippen LogP contribution in [0, 0.1) is 0 Å². The Balaban J connectivity index is 2.18. The highest BCUT2D eigenvalue weighted by Crippen LogP contribution is 2.23. The van der Waals surface area contributed by atoms with Crippen LogP contribution in [0.1, 0.15) is 219 Å². The van der Waals surface area contributed by atoms with Crippen molar-refractivity contribution in [2.24, 2.45) is 0 Å². The molecular weight excluding hydrogens is 799 g/mol. The van der Waals surface area contributed by atoms with Gasteiger partial charge >= 0.3 is 5.97 Å². The number of esters is 1. The average Bonchev–Trinajstić information content (AvgIpc) is 3.28. The molecule has 6 N–H and O–H groups in total. The van der Waals surface area contributed by atoms with Gasteiger partial charge in [-0.3, -0.25) is 9.59 Å². The highest BCUT2D eigenvalue weighted by molar-refractivity contribution is 5.76. The van der Waals surface area contributed by atoms with Crippen molar-refractivity contribution in [3.63, 3.8) is 0 Å². The largest absolute Gasteiger partial charge is 0.466 e. The molecule has 11 nitrogen and oxygen atoms in total. The maximum absolute atomic E-state index is 13.0. The van der Waals surface area contributed by atoms with Crippen molar-refractivity contribution in [3.8, 4) is 0 Å². The molecule has 0 aromatic rings. The average molecular weight is 894 g/mol. The van der Waals surface area contributed by atoms with E-state index in [9.17, 15) is 35.1 Å². The Morgan fingerprint density at radius 3 is 1.54 bits per heavy atom. The standard InChI is InChI=1S/C52H95NO10/c1-3-5-7-9-11-13-18-22-26-30-34-38-45(55)44(43-62-52-51(60)50(59)49(58)46(42-54)63-52)53-47(56)39-35-31-27-23-20-16-15-17-21-25-29-33-37-41-61-48(57)40-36-32-28-24-19-14-12-10-8-6-4-2/h7,9,18,22,34,38,44-46,49-52,54-55,58-60H,3-6,8,10-17,19-21,23-33,35-37,39-43H2,1-2H3,(H,53,56)/b9-7+,22-18+,38-34+. The zero-order valence-electron chi connectivity index (χ0n) is 40.0. The van der Waals surface area contributed by atoms with E-state index in [0.29, 0.717) is 25.9 Å². The maximum atomic E-state index is 13.0. The zero-order valence-corrected chi connectivity index (χ0v) is 40.0. The summed E-state index contributed by atoms with van der Waals surface area (Å²) in [6, 6.07) is -0.843. The lowest BCUT2D eigenvalue weighted by atomic mass is 9.99. The van der Waals surface area contributed by atoms with Gasteiger partial charge in [0.05, 0.1) is 32.0 Å². The van der Waals surface area contributed by atoms with Gasteiger partial charge in [-0.15, -0.1) is 0 Å². The minimum atomic E-state index is -1.58. The smallest absolute Gasteiger partial charge is 0.305 e. The Morgan fingerprint density at radius 2 is 1.03 bits per heavy atom. The molecule has 0 aliphatic carbocycles. The molecule has 0 saturated carbocycles. The Bertz CT molecular complexity index is 1150. The number of nitrogens with one attached hydrogen (secondary N) is 1. The van der Waals surface area contributed by atoms with Crippen LogP contribution in [0.4, 0.5) is 0 Å². The van der Waals surface area contributed by atoms with Gasteiger partial charge in [-0.1, -0.05) is 192 Å². The van der Waals surface area contributed by atoms with Gasteiger partial charge in [-0.05, 0) is 51.4 Å². The molecule has 368 valence electrons. The number of carbonyl (C=O) groups is 2. The summed E-state index contributed by atoms with van der Waals surface area (Å²) in [5.41, 5.74) is 0. The van der Waals surface area contributed by atoms with Gasteiger partial charge in [-0.25, -0.2) is 0 Å². The van der Waals surface area contributed by atoms with Crippen LogP contribution in [-0.2, 0) is 23.8 Å². The molecule has 0 spiro atoms. The van der Waals surface area contributed by atoms with E-state index < -0.39 is 49.5 Å². The molecule has 63 heavy (non-hydrogen) atoms. The summed E-state index contributed by atoms with van der Waals surface area (Å²) in [7, 11) is 0. The Kier molecular flexibility index (Phi) is 39.7. The molecular formula is C52H95NO10. The Hall–Kier alpha value is -2.12. The predicted octanol–water partition coefficient (Wildman–Crippen LogP) is 10.4. The van der Waals surface area contributed by atoms with Gasteiger partial charge in [0.25, 0.3) is 0 Å². The summed E-state index contributed by atoms with van der Waals surface area (Å²) in [5, 5.41) is 54.1. The molecule has 11 heteroatoms. The molecule has 1 amide bonds. The summed E-state index contributed by atoms with van der Waals surface area (Å²) >= 11 is 0. The molecule has 1 fully saturated rings. The fourth-order valence-corrected chi connectivity index (χ4v) is 7.82. The molecule has 1 rings (SSSR count). The van der Waals surface area contributed by atoms with E-state index in [1.165, 1.54) is 103 Å². The lowest BCUT2D eigenvalue weighted by Crippen LogP contribution is -2.60. The minimum Gasteiger partial charge on any atom is -0.466 e.